The van der Waals surface area contributed by atoms with Gasteiger partial charge in [0.25, 0.3) is 0 Å². The molecule has 13 heavy (non-hydrogen) atoms. The molecule has 0 heterocycles. The van der Waals surface area contributed by atoms with Crippen LogP contribution in [0.4, 0.5) is 4.39 Å². The van der Waals surface area contributed by atoms with Crippen LogP contribution in [0.15, 0.2) is 30.9 Å². The fraction of sp³-hybridized carbons (Fsp3) is 0.200. The first kappa shape index (κ1) is 10.5. The lowest BCUT2D eigenvalue weighted by Gasteiger charge is -2.07. The van der Waals surface area contributed by atoms with Crippen LogP contribution in [0, 0.1) is 9.39 Å². The van der Waals surface area contributed by atoms with Crippen LogP contribution in [0.1, 0.15) is 6.42 Å². The number of para-hydroxylation sites is 1. The van der Waals surface area contributed by atoms with Crippen molar-refractivity contribution in [3.8, 4) is 5.75 Å². The van der Waals surface area contributed by atoms with Gasteiger partial charge in [-0.25, -0.2) is 4.39 Å². The summed E-state index contributed by atoms with van der Waals surface area (Å²) in [6, 6.07) is 4.87. The van der Waals surface area contributed by atoms with Gasteiger partial charge in [-0.2, -0.15) is 0 Å². The Morgan fingerprint density at radius 3 is 2.92 bits per heavy atom. The molecule has 0 fully saturated rings. The maximum absolute atomic E-state index is 13.1. The minimum absolute atomic E-state index is 0.309. The largest absolute Gasteiger partial charge is 0.489 e. The van der Waals surface area contributed by atoms with Crippen molar-refractivity contribution in [1.29, 1.82) is 0 Å². The Labute approximate surface area is 90.7 Å². The molecule has 0 atom stereocenters. The average molecular weight is 292 g/mol. The smallest absolute Gasteiger partial charge is 0.168 e. The highest BCUT2D eigenvalue weighted by atomic mass is 127. The fourth-order valence-electron chi connectivity index (χ4n) is 0.865. The highest BCUT2D eigenvalue weighted by Crippen LogP contribution is 2.24. The molecule has 0 aliphatic rings. The van der Waals surface area contributed by atoms with Crippen molar-refractivity contribution in [2.45, 2.75) is 6.42 Å². The number of benzene rings is 1. The topological polar surface area (TPSA) is 9.23 Å². The number of hydrogen-bond donors (Lipinski definition) is 0. The van der Waals surface area contributed by atoms with Gasteiger partial charge in [0.2, 0.25) is 0 Å². The van der Waals surface area contributed by atoms with Crippen LogP contribution >= 0.6 is 22.6 Å². The van der Waals surface area contributed by atoms with E-state index in [9.17, 15) is 4.39 Å². The second-order valence-corrected chi connectivity index (χ2v) is 3.64. The van der Waals surface area contributed by atoms with Crippen LogP contribution in [0.5, 0.6) is 5.75 Å². The van der Waals surface area contributed by atoms with Gasteiger partial charge in [-0.05, 0) is 41.1 Å². The third kappa shape index (κ3) is 2.99. The van der Waals surface area contributed by atoms with E-state index in [1.165, 1.54) is 6.07 Å². The fourth-order valence-corrected chi connectivity index (χ4v) is 1.49. The lowest BCUT2D eigenvalue weighted by Crippen LogP contribution is -1.99. The molecular weight excluding hydrogens is 282 g/mol. The van der Waals surface area contributed by atoms with Crippen LogP contribution < -0.4 is 4.74 Å². The van der Waals surface area contributed by atoms with Gasteiger partial charge in [-0.3, -0.25) is 0 Å². The summed E-state index contributed by atoms with van der Waals surface area (Å²) in [4.78, 5) is 0. The van der Waals surface area contributed by atoms with Crippen LogP contribution in [0.25, 0.3) is 0 Å². The molecule has 0 unspecified atom stereocenters. The van der Waals surface area contributed by atoms with Gasteiger partial charge in [-0.15, -0.1) is 6.58 Å². The van der Waals surface area contributed by atoms with Crippen LogP contribution in [-0.4, -0.2) is 6.61 Å². The summed E-state index contributed by atoms with van der Waals surface area (Å²) in [5.74, 6) is 0.0286. The SMILES string of the molecule is C=CCCOc1c(F)cccc1I. The molecule has 1 aromatic carbocycles. The first-order valence-electron chi connectivity index (χ1n) is 3.93. The van der Waals surface area contributed by atoms with Crippen molar-refractivity contribution in [2.24, 2.45) is 0 Å². The van der Waals surface area contributed by atoms with E-state index in [1.807, 2.05) is 28.7 Å². The van der Waals surface area contributed by atoms with Crippen molar-refractivity contribution in [3.63, 3.8) is 0 Å². The van der Waals surface area contributed by atoms with Gasteiger partial charge in [0, 0.05) is 0 Å². The molecule has 70 valence electrons. The molecule has 0 aliphatic heterocycles. The average Bonchev–Trinajstić information content (AvgIpc) is 2.10. The first-order chi connectivity index (χ1) is 6.25. The Balaban J connectivity index is 2.69. The van der Waals surface area contributed by atoms with Crippen molar-refractivity contribution >= 4 is 22.6 Å². The number of hydrogen-bond acceptors (Lipinski definition) is 1. The Morgan fingerprint density at radius 2 is 2.31 bits per heavy atom. The van der Waals surface area contributed by atoms with Gasteiger partial charge in [0.1, 0.15) is 0 Å². The third-order valence-corrected chi connectivity index (χ3v) is 2.34. The molecule has 0 amide bonds. The minimum Gasteiger partial charge on any atom is -0.489 e. The summed E-state index contributed by atoms with van der Waals surface area (Å²) in [5.41, 5.74) is 0. The Morgan fingerprint density at radius 1 is 1.54 bits per heavy atom. The van der Waals surface area contributed by atoms with E-state index in [1.54, 1.807) is 12.1 Å². The van der Waals surface area contributed by atoms with E-state index in [2.05, 4.69) is 6.58 Å². The summed E-state index contributed by atoms with van der Waals surface area (Å²) < 4.78 is 19.2. The molecule has 0 saturated heterocycles. The molecule has 1 aromatic rings. The van der Waals surface area contributed by atoms with Crippen molar-refractivity contribution in [1.82, 2.24) is 0 Å². The van der Waals surface area contributed by atoms with E-state index in [0.717, 1.165) is 9.99 Å². The summed E-state index contributed by atoms with van der Waals surface area (Å²) in [7, 11) is 0. The third-order valence-electron chi connectivity index (χ3n) is 1.49. The molecule has 3 heteroatoms. The number of rotatable bonds is 4. The summed E-state index contributed by atoms with van der Waals surface area (Å²) in [6.45, 7) is 4.03. The molecule has 0 aromatic heterocycles. The Hall–Kier alpha value is -0.580. The van der Waals surface area contributed by atoms with E-state index in [4.69, 9.17) is 4.74 Å². The highest BCUT2D eigenvalue weighted by Gasteiger charge is 2.06. The van der Waals surface area contributed by atoms with E-state index < -0.39 is 0 Å². The number of halogens is 2. The van der Waals surface area contributed by atoms with Crippen LogP contribution in [0.2, 0.25) is 0 Å². The predicted octanol–water partition coefficient (Wildman–Crippen LogP) is 3.39. The van der Waals surface area contributed by atoms with Crippen molar-refractivity contribution in [2.75, 3.05) is 6.61 Å². The maximum Gasteiger partial charge on any atom is 0.168 e. The monoisotopic (exact) mass is 292 g/mol. The lowest BCUT2D eigenvalue weighted by atomic mass is 10.3. The molecule has 0 aliphatic carbocycles. The van der Waals surface area contributed by atoms with E-state index >= 15 is 0 Å². The normalized spacial score (nSPS) is 9.69. The van der Waals surface area contributed by atoms with Crippen LogP contribution in [-0.2, 0) is 0 Å². The molecule has 0 radical (unpaired) electrons. The highest BCUT2D eigenvalue weighted by molar-refractivity contribution is 14.1. The van der Waals surface area contributed by atoms with E-state index in [-0.39, 0.29) is 5.82 Å². The molecule has 0 spiro atoms. The molecule has 0 N–H and O–H groups in total. The zero-order chi connectivity index (χ0) is 9.68. The zero-order valence-electron chi connectivity index (χ0n) is 7.09. The summed E-state index contributed by atoms with van der Waals surface area (Å²) in [6.07, 6.45) is 2.47. The van der Waals surface area contributed by atoms with Gasteiger partial charge in [0.05, 0.1) is 10.2 Å². The maximum atomic E-state index is 13.1. The Bertz CT molecular complexity index is 279. The summed E-state index contributed by atoms with van der Waals surface area (Å²) in [5, 5.41) is 0. The zero-order valence-corrected chi connectivity index (χ0v) is 9.25. The van der Waals surface area contributed by atoms with E-state index in [0.29, 0.717) is 12.4 Å². The van der Waals surface area contributed by atoms with Crippen LogP contribution in [0.3, 0.4) is 0 Å². The Kier molecular flexibility index (Phi) is 4.21. The van der Waals surface area contributed by atoms with Gasteiger partial charge < -0.3 is 4.74 Å². The quantitative estimate of drug-likeness (QED) is 0.469. The minimum atomic E-state index is -0.309. The molecule has 1 nitrogen and oxygen atoms in total. The van der Waals surface area contributed by atoms with Gasteiger partial charge in [0.15, 0.2) is 11.6 Å². The second-order valence-electron chi connectivity index (χ2n) is 2.48. The molecule has 0 saturated carbocycles. The summed E-state index contributed by atoms with van der Waals surface area (Å²) >= 11 is 2.05. The molecule has 0 bridgehead atoms. The predicted molar refractivity (Wildman–Crippen MR) is 59.4 cm³/mol. The molecule has 1 rings (SSSR count). The lowest BCUT2D eigenvalue weighted by molar-refractivity contribution is 0.305. The number of ether oxygens (including phenoxy) is 1. The first-order valence-corrected chi connectivity index (χ1v) is 5.01. The second kappa shape index (κ2) is 5.21. The van der Waals surface area contributed by atoms with Gasteiger partial charge >= 0.3 is 0 Å². The van der Waals surface area contributed by atoms with Crippen molar-refractivity contribution < 1.29 is 9.13 Å². The molecular formula is C10H10FIO. The van der Waals surface area contributed by atoms with Gasteiger partial charge in [-0.1, -0.05) is 12.1 Å². The van der Waals surface area contributed by atoms with Crippen molar-refractivity contribution in [3.05, 3.63) is 40.2 Å². The standard InChI is InChI=1S/C10H10FIO/c1-2-3-7-13-10-8(11)5-4-6-9(10)12/h2,4-6H,1,3,7H2.